The van der Waals surface area contributed by atoms with Gasteiger partial charge in [0.25, 0.3) is 0 Å². The molecule has 1 aromatic heterocycles. The molecule has 0 atom stereocenters. The molecule has 2 aromatic carbocycles. The van der Waals surface area contributed by atoms with Gasteiger partial charge in [-0.2, -0.15) is 13.2 Å². The van der Waals surface area contributed by atoms with Crippen LogP contribution in [0.1, 0.15) is 22.4 Å². The highest BCUT2D eigenvalue weighted by molar-refractivity contribution is 6.30. The summed E-state index contributed by atoms with van der Waals surface area (Å²) in [5.41, 5.74) is 1.82. The van der Waals surface area contributed by atoms with E-state index in [2.05, 4.69) is 9.97 Å². The zero-order valence-corrected chi connectivity index (χ0v) is 15.9. The Morgan fingerprint density at radius 3 is 2.55 bits per heavy atom. The number of hydrogen-bond donors (Lipinski definition) is 0. The quantitative estimate of drug-likeness (QED) is 0.522. The van der Waals surface area contributed by atoms with Gasteiger partial charge in [0.2, 0.25) is 0 Å². The summed E-state index contributed by atoms with van der Waals surface area (Å²) in [5.74, 6) is -0.0454. The molecule has 0 saturated heterocycles. The second-order valence-corrected chi connectivity index (χ2v) is 7.37. The molecule has 0 bridgehead atoms. The van der Waals surface area contributed by atoms with Crippen molar-refractivity contribution in [3.05, 3.63) is 81.9 Å². The van der Waals surface area contributed by atoms with Gasteiger partial charge in [-0.1, -0.05) is 11.6 Å². The molecular weight excluding hydrogens is 406 g/mol. The van der Waals surface area contributed by atoms with Crippen molar-refractivity contribution in [3.63, 3.8) is 0 Å². The summed E-state index contributed by atoms with van der Waals surface area (Å²) < 4.78 is 52.8. The fraction of sp³-hybridized carbons (Fsp3) is 0.238. The van der Waals surface area contributed by atoms with Crippen LogP contribution < -0.4 is 0 Å². The lowest BCUT2D eigenvalue weighted by Gasteiger charge is -2.28. The molecule has 0 radical (unpaired) electrons. The Kier molecular flexibility index (Phi) is 5.27. The average molecular weight is 422 g/mol. The number of halogens is 5. The number of rotatable bonds is 3. The van der Waals surface area contributed by atoms with E-state index >= 15 is 0 Å². The highest BCUT2D eigenvalue weighted by Crippen LogP contribution is 2.31. The SMILES string of the molecule is Fc1ccc(C(F)(F)F)cc1CN1CCc2nc(-c3ccc(Cl)cc3)ncc2C1. The molecule has 1 aliphatic heterocycles. The minimum Gasteiger partial charge on any atom is -0.294 e. The van der Waals surface area contributed by atoms with Gasteiger partial charge in [-0.3, -0.25) is 4.90 Å². The van der Waals surface area contributed by atoms with Gasteiger partial charge in [0.05, 0.1) is 11.3 Å². The highest BCUT2D eigenvalue weighted by atomic mass is 35.5. The van der Waals surface area contributed by atoms with Crippen LogP contribution in [0.5, 0.6) is 0 Å². The predicted molar refractivity (Wildman–Crippen MR) is 102 cm³/mol. The van der Waals surface area contributed by atoms with E-state index < -0.39 is 17.6 Å². The normalized spacial score (nSPS) is 14.7. The van der Waals surface area contributed by atoms with Crippen molar-refractivity contribution < 1.29 is 17.6 Å². The molecule has 0 fully saturated rings. The third-order valence-electron chi connectivity index (χ3n) is 4.88. The van der Waals surface area contributed by atoms with Gasteiger partial charge in [-0.05, 0) is 42.5 Å². The van der Waals surface area contributed by atoms with Gasteiger partial charge >= 0.3 is 6.18 Å². The van der Waals surface area contributed by atoms with E-state index in [1.807, 2.05) is 17.0 Å². The smallest absolute Gasteiger partial charge is 0.294 e. The number of aromatic nitrogens is 2. The van der Waals surface area contributed by atoms with Crippen LogP contribution in [0, 0.1) is 5.82 Å². The first-order chi connectivity index (χ1) is 13.8. The molecule has 0 N–H and O–H groups in total. The van der Waals surface area contributed by atoms with Gasteiger partial charge in [-0.15, -0.1) is 0 Å². The Labute approximate surface area is 170 Å². The fourth-order valence-electron chi connectivity index (χ4n) is 3.36. The van der Waals surface area contributed by atoms with Gasteiger partial charge in [0.1, 0.15) is 5.82 Å². The topological polar surface area (TPSA) is 29.0 Å². The second-order valence-electron chi connectivity index (χ2n) is 6.94. The summed E-state index contributed by atoms with van der Waals surface area (Å²) in [6, 6.07) is 9.74. The molecule has 29 heavy (non-hydrogen) atoms. The van der Waals surface area contributed by atoms with Crippen LogP contribution >= 0.6 is 11.6 Å². The third-order valence-corrected chi connectivity index (χ3v) is 5.13. The van der Waals surface area contributed by atoms with Crippen LogP contribution in [0.15, 0.2) is 48.7 Å². The lowest BCUT2D eigenvalue weighted by Crippen LogP contribution is -2.31. The third kappa shape index (κ3) is 4.41. The van der Waals surface area contributed by atoms with E-state index in [4.69, 9.17) is 11.6 Å². The summed E-state index contributed by atoms with van der Waals surface area (Å²) >= 11 is 5.91. The number of alkyl halides is 3. The van der Waals surface area contributed by atoms with Crippen LogP contribution in [0.4, 0.5) is 17.6 Å². The lowest BCUT2D eigenvalue weighted by atomic mass is 10.0. The van der Waals surface area contributed by atoms with Gasteiger partial charge in [-0.25, -0.2) is 14.4 Å². The molecule has 2 heterocycles. The van der Waals surface area contributed by atoms with E-state index in [1.165, 1.54) is 0 Å². The molecule has 3 aromatic rings. The fourth-order valence-corrected chi connectivity index (χ4v) is 3.49. The Hall–Kier alpha value is -2.51. The molecule has 0 aliphatic carbocycles. The van der Waals surface area contributed by atoms with Crippen molar-refractivity contribution in [1.29, 1.82) is 0 Å². The van der Waals surface area contributed by atoms with Crippen LogP contribution in [-0.4, -0.2) is 21.4 Å². The second kappa shape index (κ2) is 7.72. The minimum atomic E-state index is -4.50. The maximum Gasteiger partial charge on any atom is 0.416 e. The zero-order valence-electron chi connectivity index (χ0n) is 15.2. The zero-order chi connectivity index (χ0) is 20.6. The Balaban J connectivity index is 1.52. The van der Waals surface area contributed by atoms with E-state index in [0.29, 0.717) is 30.4 Å². The van der Waals surface area contributed by atoms with E-state index in [0.717, 1.165) is 35.0 Å². The Bertz CT molecular complexity index is 1040. The van der Waals surface area contributed by atoms with Crippen molar-refractivity contribution in [1.82, 2.24) is 14.9 Å². The standard InChI is InChI=1S/C21H16ClF4N3/c22-17-4-1-13(2-5-17)20-27-10-15-12-29(8-7-19(15)28-20)11-14-9-16(21(24,25)26)3-6-18(14)23/h1-6,9-10H,7-8,11-12H2. The predicted octanol–water partition coefficient (Wildman–Crippen LogP) is 5.51. The molecule has 4 rings (SSSR count). The number of hydrogen-bond acceptors (Lipinski definition) is 3. The molecule has 3 nitrogen and oxygen atoms in total. The van der Waals surface area contributed by atoms with Crippen molar-refractivity contribution in [2.75, 3.05) is 6.54 Å². The van der Waals surface area contributed by atoms with E-state index in [1.54, 1.807) is 18.3 Å². The summed E-state index contributed by atoms with van der Waals surface area (Å²) in [6.07, 6.45) is -2.16. The Morgan fingerprint density at radius 2 is 1.83 bits per heavy atom. The van der Waals surface area contributed by atoms with Crippen LogP contribution in [0.25, 0.3) is 11.4 Å². The molecule has 150 valence electrons. The van der Waals surface area contributed by atoms with Crippen molar-refractivity contribution in [3.8, 4) is 11.4 Å². The lowest BCUT2D eigenvalue weighted by molar-refractivity contribution is -0.137. The average Bonchev–Trinajstić information content (AvgIpc) is 2.69. The van der Waals surface area contributed by atoms with Crippen molar-refractivity contribution in [2.45, 2.75) is 25.7 Å². The van der Waals surface area contributed by atoms with E-state index in [9.17, 15) is 17.6 Å². The van der Waals surface area contributed by atoms with Crippen molar-refractivity contribution in [2.24, 2.45) is 0 Å². The highest BCUT2D eigenvalue weighted by Gasteiger charge is 2.31. The van der Waals surface area contributed by atoms with Gasteiger partial charge in [0.15, 0.2) is 5.82 Å². The molecular formula is C21H16ClF4N3. The van der Waals surface area contributed by atoms with Gasteiger partial charge in [0, 0.05) is 54.0 Å². The van der Waals surface area contributed by atoms with Crippen LogP contribution in [0.3, 0.4) is 0 Å². The Morgan fingerprint density at radius 1 is 1.07 bits per heavy atom. The summed E-state index contributed by atoms with van der Waals surface area (Å²) in [5, 5.41) is 0.629. The molecule has 0 spiro atoms. The van der Waals surface area contributed by atoms with Crippen molar-refractivity contribution >= 4 is 11.6 Å². The summed E-state index contributed by atoms with van der Waals surface area (Å²) in [4.78, 5) is 10.9. The first kappa shape index (κ1) is 19.8. The van der Waals surface area contributed by atoms with E-state index in [-0.39, 0.29) is 12.1 Å². The number of benzene rings is 2. The molecule has 1 aliphatic rings. The maximum atomic E-state index is 14.0. The van der Waals surface area contributed by atoms with Crippen LogP contribution in [-0.2, 0) is 25.7 Å². The minimum absolute atomic E-state index is 0.0296. The molecule has 8 heteroatoms. The maximum absolute atomic E-state index is 14.0. The molecule has 0 unspecified atom stereocenters. The summed E-state index contributed by atoms with van der Waals surface area (Å²) in [6.45, 7) is 1.11. The first-order valence-corrected chi connectivity index (χ1v) is 9.36. The number of fused-ring (bicyclic) bond motifs is 1. The monoisotopic (exact) mass is 421 g/mol. The summed E-state index contributed by atoms with van der Waals surface area (Å²) in [7, 11) is 0. The van der Waals surface area contributed by atoms with Gasteiger partial charge < -0.3 is 0 Å². The molecule has 0 saturated carbocycles. The largest absolute Gasteiger partial charge is 0.416 e. The first-order valence-electron chi connectivity index (χ1n) is 8.98. The van der Waals surface area contributed by atoms with Crippen LogP contribution in [0.2, 0.25) is 5.02 Å². The number of nitrogens with zero attached hydrogens (tertiary/aromatic N) is 3. The molecule has 0 amide bonds.